The number of nitrogens with zero attached hydrogens (tertiary/aromatic N) is 2. The van der Waals surface area contributed by atoms with Gasteiger partial charge >= 0.3 is 0 Å². The van der Waals surface area contributed by atoms with Gasteiger partial charge in [-0.3, -0.25) is 4.90 Å². The van der Waals surface area contributed by atoms with E-state index in [9.17, 15) is 0 Å². The highest BCUT2D eigenvalue weighted by atomic mass is 16.3. The maximum absolute atomic E-state index is 9.04. The minimum absolute atomic E-state index is 0.283. The number of hydrogen-bond donors (Lipinski definition) is 1. The Labute approximate surface area is 93.4 Å². The van der Waals surface area contributed by atoms with Crippen molar-refractivity contribution in [2.24, 2.45) is 5.92 Å². The molecule has 0 amide bonds. The Hall–Kier alpha value is -0.380. The third kappa shape index (κ3) is 3.93. The van der Waals surface area contributed by atoms with Crippen molar-refractivity contribution in [1.82, 2.24) is 9.80 Å². The van der Waals surface area contributed by atoms with Gasteiger partial charge in [-0.25, -0.2) is 0 Å². The molecule has 0 aromatic rings. The molecule has 0 radical (unpaired) electrons. The molecular formula is C12H24N2O. The van der Waals surface area contributed by atoms with Gasteiger partial charge in [-0.15, -0.1) is 6.58 Å². The van der Waals surface area contributed by atoms with Crippen molar-refractivity contribution in [3.63, 3.8) is 0 Å². The second kappa shape index (κ2) is 6.26. The predicted molar refractivity (Wildman–Crippen MR) is 63.9 cm³/mol. The molecule has 0 bridgehead atoms. The fourth-order valence-electron chi connectivity index (χ4n) is 2.44. The lowest BCUT2D eigenvalue weighted by molar-refractivity contribution is 0.169. The zero-order chi connectivity index (χ0) is 11.3. The van der Waals surface area contributed by atoms with Crippen LogP contribution in [0.5, 0.6) is 0 Å². The van der Waals surface area contributed by atoms with Crippen LogP contribution in [0.3, 0.4) is 0 Å². The Morgan fingerprint density at radius 3 is 2.73 bits per heavy atom. The van der Waals surface area contributed by atoms with E-state index in [4.69, 9.17) is 5.11 Å². The average Bonchev–Trinajstić information content (AvgIpc) is 2.28. The van der Waals surface area contributed by atoms with Gasteiger partial charge in [0.25, 0.3) is 0 Å². The van der Waals surface area contributed by atoms with Crippen LogP contribution in [-0.2, 0) is 0 Å². The monoisotopic (exact) mass is 212 g/mol. The summed E-state index contributed by atoms with van der Waals surface area (Å²) in [6, 6.07) is 0.486. The summed E-state index contributed by atoms with van der Waals surface area (Å²) >= 11 is 0. The molecule has 1 N–H and O–H groups in total. The molecule has 0 spiro atoms. The third-order valence-electron chi connectivity index (χ3n) is 3.11. The molecule has 1 aliphatic rings. The first-order valence-corrected chi connectivity index (χ1v) is 5.81. The first-order valence-electron chi connectivity index (χ1n) is 5.81. The Morgan fingerprint density at radius 2 is 2.13 bits per heavy atom. The predicted octanol–water partition coefficient (Wildman–Crippen LogP) is 0.807. The summed E-state index contributed by atoms with van der Waals surface area (Å²) < 4.78 is 0. The Balaban J connectivity index is 2.58. The fourth-order valence-corrected chi connectivity index (χ4v) is 2.44. The summed E-state index contributed by atoms with van der Waals surface area (Å²) in [5.41, 5.74) is 0. The molecule has 88 valence electrons. The number of rotatable bonds is 4. The van der Waals surface area contributed by atoms with E-state index >= 15 is 0 Å². The van der Waals surface area contributed by atoms with E-state index in [1.807, 2.05) is 6.08 Å². The first-order chi connectivity index (χ1) is 7.17. The smallest absolute Gasteiger partial charge is 0.0446 e. The quantitative estimate of drug-likeness (QED) is 0.699. The van der Waals surface area contributed by atoms with Gasteiger partial charge in [0.15, 0.2) is 0 Å². The molecule has 2 unspecified atom stereocenters. The largest absolute Gasteiger partial charge is 0.396 e. The van der Waals surface area contributed by atoms with Crippen LogP contribution in [0, 0.1) is 5.92 Å². The minimum atomic E-state index is 0.283. The molecule has 1 saturated heterocycles. The molecule has 15 heavy (non-hydrogen) atoms. The number of aliphatic hydroxyl groups is 1. The summed E-state index contributed by atoms with van der Waals surface area (Å²) in [6.07, 6.45) is 2.84. The van der Waals surface area contributed by atoms with Crippen LogP contribution in [0.25, 0.3) is 0 Å². The molecule has 1 heterocycles. The zero-order valence-electron chi connectivity index (χ0n) is 10.0. The highest BCUT2D eigenvalue weighted by Gasteiger charge is 2.24. The van der Waals surface area contributed by atoms with E-state index in [0.29, 0.717) is 12.0 Å². The zero-order valence-corrected chi connectivity index (χ0v) is 10.0. The molecule has 1 aliphatic heterocycles. The Morgan fingerprint density at radius 1 is 1.40 bits per heavy atom. The van der Waals surface area contributed by atoms with Crippen molar-refractivity contribution in [2.45, 2.75) is 19.4 Å². The lowest BCUT2D eigenvalue weighted by Gasteiger charge is -2.27. The number of hydrogen-bond acceptors (Lipinski definition) is 3. The summed E-state index contributed by atoms with van der Waals surface area (Å²) in [5, 5.41) is 9.04. The molecular weight excluding hydrogens is 188 g/mol. The van der Waals surface area contributed by atoms with Crippen molar-refractivity contribution in [3.05, 3.63) is 12.7 Å². The maximum atomic E-state index is 9.04. The molecule has 2 atom stereocenters. The van der Waals surface area contributed by atoms with E-state index in [1.54, 1.807) is 0 Å². The Bertz CT molecular complexity index is 196. The lowest BCUT2D eigenvalue weighted by atomic mass is 10.1. The van der Waals surface area contributed by atoms with Crippen LogP contribution in [-0.4, -0.2) is 60.8 Å². The number of likely N-dealkylation sites (N-methyl/N-ethyl adjacent to an activating group) is 1. The van der Waals surface area contributed by atoms with E-state index in [0.717, 1.165) is 32.6 Å². The molecule has 1 fully saturated rings. The van der Waals surface area contributed by atoms with Crippen LogP contribution in [0.15, 0.2) is 12.7 Å². The summed E-state index contributed by atoms with van der Waals surface area (Å²) in [5.74, 6) is 0.693. The average molecular weight is 212 g/mol. The van der Waals surface area contributed by atoms with Gasteiger partial charge < -0.3 is 10.0 Å². The fraction of sp³-hybridized carbons (Fsp3) is 0.833. The van der Waals surface area contributed by atoms with Gasteiger partial charge in [-0.05, 0) is 19.4 Å². The van der Waals surface area contributed by atoms with Crippen LogP contribution >= 0.6 is 0 Å². The van der Waals surface area contributed by atoms with Gasteiger partial charge in [0.1, 0.15) is 0 Å². The normalized spacial score (nSPS) is 30.1. The standard InChI is InChI=1S/C12H24N2O/c1-4-6-14-9-11(2)8-13(3)12(10-14)5-7-15/h4,11-12,15H,1,5-10H2,2-3H3. The van der Waals surface area contributed by atoms with Gasteiger partial charge in [0.2, 0.25) is 0 Å². The van der Waals surface area contributed by atoms with Crippen molar-refractivity contribution >= 4 is 0 Å². The molecule has 1 rings (SSSR count). The molecule has 0 aromatic carbocycles. The maximum Gasteiger partial charge on any atom is 0.0446 e. The first kappa shape index (κ1) is 12.7. The molecule has 3 heteroatoms. The Kier molecular flexibility index (Phi) is 5.29. The van der Waals surface area contributed by atoms with Gasteiger partial charge in [0, 0.05) is 38.8 Å². The second-order valence-corrected chi connectivity index (χ2v) is 4.72. The summed E-state index contributed by atoms with van der Waals surface area (Å²) in [6.45, 7) is 10.6. The lowest BCUT2D eigenvalue weighted by Crippen LogP contribution is -2.39. The van der Waals surface area contributed by atoms with E-state index in [2.05, 4.69) is 30.4 Å². The number of aliphatic hydroxyl groups excluding tert-OH is 1. The van der Waals surface area contributed by atoms with E-state index < -0.39 is 0 Å². The molecule has 0 aliphatic carbocycles. The third-order valence-corrected chi connectivity index (χ3v) is 3.11. The topological polar surface area (TPSA) is 26.7 Å². The van der Waals surface area contributed by atoms with Gasteiger partial charge in [-0.1, -0.05) is 13.0 Å². The molecule has 0 aromatic heterocycles. The van der Waals surface area contributed by atoms with Crippen molar-refractivity contribution in [2.75, 3.05) is 39.8 Å². The van der Waals surface area contributed by atoms with E-state index in [1.165, 1.54) is 0 Å². The minimum Gasteiger partial charge on any atom is -0.396 e. The van der Waals surface area contributed by atoms with Crippen LogP contribution in [0.2, 0.25) is 0 Å². The highest BCUT2D eigenvalue weighted by molar-refractivity contribution is 4.84. The van der Waals surface area contributed by atoms with Crippen LogP contribution in [0.1, 0.15) is 13.3 Å². The van der Waals surface area contributed by atoms with Gasteiger partial charge in [0.05, 0.1) is 0 Å². The molecule has 0 saturated carbocycles. The van der Waals surface area contributed by atoms with Crippen molar-refractivity contribution in [3.8, 4) is 0 Å². The van der Waals surface area contributed by atoms with Crippen LogP contribution < -0.4 is 0 Å². The summed E-state index contributed by atoms with van der Waals surface area (Å²) in [4.78, 5) is 4.81. The second-order valence-electron chi connectivity index (χ2n) is 4.72. The van der Waals surface area contributed by atoms with E-state index in [-0.39, 0.29) is 6.61 Å². The van der Waals surface area contributed by atoms with Gasteiger partial charge in [-0.2, -0.15) is 0 Å². The highest BCUT2D eigenvalue weighted by Crippen LogP contribution is 2.14. The van der Waals surface area contributed by atoms with Crippen molar-refractivity contribution in [1.29, 1.82) is 0 Å². The molecule has 3 nitrogen and oxygen atoms in total. The SMILES string of the molecule is C=CCN1CC(C)CN(C)C(CCO)C1. The van der Waals surface area contributed by atoms with Crippen LogP contribution in [0.4, 0.5) is 0 Å². The van der Waals surface area contributed by atoms with Crippen molar-refractivity contribution < 1.29 is 5.11 Å². The summed E-state index contributed by atoms with van der Waals surface area (Å²) in [7, 11) is 2.16.